The average Bonchev–Trinajstić information content (AvgIpc) is 2.29. The Morgan fingerprint density at radius 2 is 1.78 bits per heavy atom. The maximum Gasteiger partial charge on any atom is 0.243 e. The van der Waals surface area contributed by atoms with Crippen LogP contribution in [0.4, 0.5) is 4.39 Å². The third-order valence-electron chi connectivity index (χ3n) is 2.86. The molecule has 1 aromatic rings. The van der Waals surface area contributed by atoms with Crippen LogP contribution in [0.2, 0.25) is 0 Å². The lowest BCUT2D eigenvalue weighted by Crippen LogP contribution is -2.51. The second kappa shape index (κ2) is 5.34. The molecule has 0 aliphatic rings. The minimum absolute atomic E-state index is 0.0762. The van der Waals surface area contributed by atoms with E-state index in [4.69, 9.17) is 5.73 Å². The van der Waals surface area contributed by atoms with E-state index in [-0.39, 0.29) is 11.4 Å². The second-order valence-electron chi connectivity index (χ2n) is 4.64. The Balaban J connectivity index is 3.23. The predicted molar refractivity (Wildman–Crippen MR) is 69.1 cm³/mol. The predicted octanol–water partition coefficient (Wildman–Crippen LogP) is 1.57. The lowest BCUT2D eigenvalue weighted by molar-refractivity contribution is 0.244. The van der Waals surface area contributed by atoms with Gasteiger partial charge in [0.15, 0.2) is 0 Å². The zero-order chi connectivity index (χ0) is 14.0. The van der Waals surface area contributed by atoms with Crippen molar-refractivity contribution in [2.75, 3.05) is 13.1 Å². The van der Waals surface area contributed by atoms with Gasteiger partial charge in [-0.25, -0.2) is 12.8 Å². The lowest BCUT2D eigenvalue weighted by Gasteiger charge is -2.35. The van der Waals surface area contributed by atoms with Crippen LogP contribution >= 0.6 is 0 Å². The molecule has 0 spiro atoms. The molecule has 0 aromatic heterocycles. The monoisotopic (exact) mass is 274 g/mol. The highest BCUT2D eigenvalue weighted by Crippen LogP contribution is 2.23. The molecule has 0 aliphatic heterocycles. The van der Waals surface area contributed by atoms with Gasteiger partial charge in [-0.2, -0.15) is 4.31 Å². The summed E-state index contributed by atoms with van der Waals surface area (Å²) in [6.07, 6.45) is 0. The van der Waals surface area contributed by atoms with E-state index in [1.807, 2.05) is 0 Å². The normalized spacial score (nSPS) is 13.0. The molecule has 0 bridgehead atoms. The molecule has 6 heteroatoms. The smallest absolute Gasteiger partial charge is 0.243 e. The van der Waals surface area contributed by atoms with Crippen molar-refractivity contribution in [3.8, 4) is 0 Å². The van der Waals surface area contributed by atoms with Crippen LogP contribution in [-0.2, 0) is 10.0 Å². The number of nitrogens with zero attached hydrogens (tertiary/aromatic N) is 1. The summed E-state index contributed by atoms with van der Waals surface area (Å²) in [5.74, 6) is -0.463. The van der Waals surface area contributed by atoms with Crippen LogP contribution in [0, 0.1) is 5.82 Å². The second-order valence-corrected chi connectivity index (χ2v) is 6.50. The standard InChI is InChI=1S/C12H19FN2O2S/c1-4-15(12(2,3)9-14)18(16,17)11-7-5-10(13)6-8-11/h5-8H,4,9,14H2,1-3H3. The largest absolute Gasteiger partial charge is 0.329 e. The first kappa shape index (κ1) is 15.1. The summed E-state index contributed by atoms with van der Waals surface area (Å²) in [5, 5.41) is 0. The number of halogens is 1. The van der Waals surface area contributed by atoms with E-state index >= 15 is 0 Å². The fraction of sp³-hybridized carbons (Fsp3) is 0.500. The van der Waals surface area contributed by atoms with Crippen LogP contribution in [0.3, 0.4) is 0 Å². The van der Waals surface area contributed by atoms with Crippen molar-refractivity contribution in [2.45, 2.75) is 31.2 Å². The number of sulfonamides is 1. The Bertz CT molecular complexity index is 497. The first-order valence-electron chi connectivity index (χ1n) is 5.74. The van der Waals surface area contributed by atoms with Gasteiger partial charge in [0.1, 0.15) is 5.82 Å². The summed E-state index contributed by atoms with van der Waals surface area (Å²) in [6, 6.07) is 4.80. The van der Waals surface area contributed by atoms with Crippen LogP contribution in [-0.4, -0.2) is 31.4 Å². The molecule has 0 atom stereocenters. The van der Waals surface area contributed by atoms with Gasteiger partial charge in [-0.3, -0.25) is 0 Å². The Hall–Kier alpha value is -0.980. The van der Waals surface area contributed by atoms with Crippen LogP contribution in [0.1, 0.15) is 20.8 Å². The molecule has 0 saturated heterocycles. The number of benzene rings is 1. The van der Waals surface area contributed by atoms with Crippen LogP contribution < -0.4 is 5.73 Å². The highest BCUT2D eigenvalue weighted by molar-refractivity contribution is 7.89. The summed E-state index contributed by atoms with van der Waals surface area (Å²) in [7, 11) is -3.65. The van der Waals surface area contributed by atoms with Crippen LogP contribution in [0.25, 0.3) is 0 Å². The SMILES string of the molecule is CCN(C(C)(C)CN)S(=O)(=O)c1ccc(F)cc1. The Morgan fingerprint density at radius 3 is 2.17 bits per heavy atom. The van der Waals surface area contributed by atoms with E-state index in [1.165, 1.54) is 16.4 Å². The third kappa shape index (κ3) is 2.88. The van der Waals surface area contributed by atoms with Crippen molar-refractivity contribution in [1.29, 1.82) is 0 Å². The molecular formula is C12H19FN2O2S. The third-order valence-corrected chi connectivity index (χ3v) is 5.06. The summed E-state index contributed by atoms with van der Waals surface area (Å²) in [4.78, 5) is 0.0762. The molecule has 1 rings (SSSR count). The molecule has 2 N–H and O–H groups in total. The van der Waals surface area contributed by atoms with Gasteiger partial charge < -0.3 is 5.73 Å². The number of nitrogens with two attached hydrogens (primary N) is 1. The van der Waals surface area contributed by atoms with E-state index in [2.05, 4.69) is 0 Å². The van der Waals surface area contributed by atoms with Gasteiger partial charge in [0.2, 0.25) is 10.0 Å². The summed E-state index contributed by atoms with van der Waals surface area (Å²) >= 11 is 0. The highest BCUT2D eigenvalue weighted by Gasteiger charge is 2.34. The highest BCUT2D eigenvalue weighted by atomic mass is 32.2. The maximum absolute atomic E-state index is 12.8. The van der Waals surface area contributed by atoms with Crippen molar-refractivity contribution in [1.82, 2.24) is 4.31 Å². The van der Waals surface area contributed by atoms with Crippen molar-refractivity contribution < 1.29 is 12.8 Å². The molecule has 18 heavy (non-hydrogen) atoms. The Morgan fingerprint density at radius 1 is 1.28 bits per heavy atom. The lowest BCUT2D eigenvalue weighted by atomic mass is 10.1. The van der Waals surface area contributed by atoms with Gasteiger partial charge in [-0.15, -0.1) is 0 Å². The van der Waals surface area contributed by atoms with Gasteiger partial charge in [-0.05, 0) is 38.1 Å². The Kier molecular flexibility index (Phi) is 4.47. The Labute approximate surface area is 108 Å². The first-order valence-corrected chi connectivity index (χ1v) is 7.18. The van der Waals surface area contributed by atoms with Gasteiger partial charge >= 0.3 is 0 Å². The number of rotatable bonds is 5. The molecular weight excluding hydrogens is 255 g/mol. The zero-order valence-electron chi connectivity index (χ0n) is 10.9. The summed E-state index contributed by atoms with van der Waals surface area (Å²) < 4.78 is 39.0. The summed E-state index contributed by atoms with van der Waals surface area (Å²) in [6.45, 7) is 5.79. The molecule has 1 aromatic carbocycles. The molecule has 0 heterocycles. The molecule has 4 nitrogen and oxygen atoms in total. The van der Waals surface area contributed by atoms with Gasteiger partial charge in [0.05, 0.1) is 4.90 Å². The van der Waals surface area contributed by atoms with Gasteiger partial charge in [0, 0.05) is 18.6 Å². The first-order chi connectivity index (χ1) is 8.25. The average molecular weight is 274 g/mol. The maximum atomic E-state index is 12.8. The van der Waals surface area contributed by atoms with Crippen molar-refractivity contribution in [3.05, 3.63) is 30.1 Å². The molecule has 0 amide bonds. The molecule has 102 valence electrons. The molecule has 0 fully saturated rings. The topological polar surface area (TPSA) is 63.4 Å². The fourth-order valence-corrected chi connectivity index (χ4v) is 3.56. The van der Waals surface area contributed by atoms with E-state index in [1.54, 1.807) is 20.8 Å². The molecule has 0 radical (unpaired) electrons. The molecule has 0 unspecified atom stereocenters. The van der Waals surface area contributed by atoms with Crippen molar-refractivity contribution in [3.63, 3.8) is 0 Å². The number of likely N-dealkylation sites (N-methyl/N-ethyl adjacent to an activating group) is 1. The van der Waals surface area contributed by atoms with E-state index in [9.17, 15) is 12.8 Å². The van der Waals surface area contributed by atoms with E-state index in [0.29, 0.717) is 6.54 Å². The van der Waals surface area contributed by atoms with Gasteiger partial charge in [-0.1, -0.05) is 6.92 Å². The fourth-order valence-electron chi connectivity index (χ4n) is 1.76. The van der Waals surface area contributed by atoms with Crippen LogP contribution in [0.5, 0.6) is 0 Å². The molecule has 0 aliphatic carbocycles. The number of hydrogen-bond acceptors (Lipinski definition) is 3. The van der Waals surface area contributed by atoms with E-state index in [0.717, 1.165) is 12.1 Å². The van der Waals surface area contributed by atoms with Gasteiger partial charge in [0.25, 0.3) is 0 Å². The zero-order valence-corrected chi connectivity index (χ0v) is 11.7. The molecule has 0 saturated carbocycles. The minimum Gasteiger partial charge on any atom is -0.329 e. The van der Waals surface area contributed by atoms with Crippen molar-refractivity contribution in [2.24, 2.45) is 5.73 Å². The van der Waals surface area contributed by atoms with E-state index < -0.39 is 21.4 Å². The quantitative estimate of drug-likeness (QED) is 0.886. The number of hydrogen-bond donors (Lipinski definition) is 1. The summed E-state index contributed by atoms with van der Waals surface area (Å²) in [5.41, 5.74) is 4.94. The minimum atomic E-state index is -3.65. The van der Waals surface area contributed by atoms with Crippen LogP contribution in [0.15, 0.2) is 29.2 Å². The van der Waals surface area contributed by atoms with Crippen molar-refractivity contribution >= 4 is 10.0 Å².